The number of phenols is 2. The molecule has 0 amide bonds. The molecule has 0 unspecified atom stereocenters. The first kappa shape index (κ1) is 14.8. The minimum atomic E-state index is -0.583. The molecular weight excluding hydrogens is 304 g/mol. The molecule has 0 aliphatic rings. The molecule has 0 bridgehead atoms. The number of phenolic OH excluding ortho intramolecular Hbond substituents is 2. The highest BCUT2D eigenvalue weighted by Gasteiger charge is 2.21. The highest BCUT2D eigenvalue weighted by atomic mass is 16.5. The van der Waals surface area contributed by atoms with Gasteiger partial charge in [0.2, 0.25) is 11.2 Å². The maximum Gasteiger partial charge on any atom is 0.208 e. The summed E-state index contributed by atoms with van der Waals surface area (Å²) >= 11 is 0. The van der Waals surface area contributed by atoms with Crippen molar-refractivity contribution < 1.29 is 28.8 Å². The molecule has 0 fully saturated rings. The molecule has 0 spiro atoms. The molecule has 1 aromatic heterocycles. The fraction of sp³-hybridized carbons (Fsp3) is 0.188. The number of fused-ring (bicyclic) bond motifs is 2. The van der Waals surface area contributed by atoms with Crippen LogP contribution in [-0.4, -0.2) is 31.5 Å². The normalized spacial score (nSPS) is 10.9. The lowest BCUT2D eigenvalue weighted by Crippen LogP contribution is -2.04. The second-order valence-corrected chi connectivity index (χ2v) is 4.78. The number of benzene rings is 2. The highest BCUT2D eigenvalue weighted by Crippen LogP contribution is 2.42. The fourth-order valence-electron chi connectivity index (χ4n) is 2.50. The van der Waals surface area contributed by atoms with Gasteiger partial charge in [0.15, 0.2) is 11.5 Å². The molecule has 2 N–H and O–H groups in total. The Morgan fingerprint density at radius 1 is 0.913 bits per heavy atom. The number of aromatic hydroxyl groups is 2. The largest absolute Gasteiger partial charge is 0.507 e. The van der Waals surface area contributed by atoms with Crippen LogP contribution < -0.4 is 19.6 Å². The zero-order valence-corrected chi connectivity index (χ0v) is 12.7. The van der Waals surface area contributed by atoms with E-state index in [1.807, 2.05) is 0 Å². The van der Waals surface area contributed by atoms with E-state index in [1.165, 1.54) is 39.5 Å². The van der Waals surface area contributed by atoms with Gasteiger partial charge in [0.05, 0.1) is 21.3 Å². The van der Waals surface area contributed by atoms with E-state index in [2.05, 4.69) is 0 Å². The second kappa shape index (κ2) is 5.28. The van der Waals surface area contributed by atoms with Crippen molar-refractivity contribution in [1.82, 2.24) is 0 Å². The Hall–Kier alpha value is -3.09. The minimum Gasteiger partial charge on any atom is -0.507 e. The average Bonchev–Trinajstić information content (AvgIpc) is 2.53. The third kappa shape index (κ3) is 2.09. The molecule has 0 aliphatic heterocycles. The van der Waals surface area contributed by atoms with Crippen LogP contribution in [0.4, 0.5) is 0 Å². The summed E-state index contributed by atoms with van der Waals surface area (Å²) in [6.45, 7) is 0. The van der Waals surface area contributed by atoms with Crippen molar-refractivity contribution in [1.29, 1.82) is 0 Å². The highest BCUT2D eigenvalue weighted by molar-refractivity contribution is 5.98. The molecule has 0 saturated carbocycles. The summed E-state index contributed by atoms with van der Waals surface area (Å²) in [4.78, 5) is 12.7. The molecule has 7 heteroatoms. The molecule has 23 heavy (non-hydrogen) atoms. The Labute approximate surface area is 130 Å². The third-order valence-corrected chi connectivity index (χ3v) is 3.57. The molecule has 0 saturated heterocycles. The van der Waals surface area contributed by atoms with E-state index in [0.717, 1.165) is 0 Å². The van der Waals surface area contributed by atoms with E-state index >= 15 is 0 Å². The van der Waals surface area contributed by atoms with Gasteiger partial charge in [-0.15, -0.1) is 0 Å². The quantitative estimate of drug-likeness (QED) is 0.715. The van der Waals surface area contributed by atoms with E-state index in [9.17, 15) is 15.0 Å². The predicted octanol–water partition coefficient (Wildman–Crippen LogP) is 2.38. The first-order valence-corrected chi connectivity index (χ1v) is 6.63. The molecule has 1 heterocycles. The first-order chi connectivity index (χ1) is 11.0. The Kier molecular flexibility index (Phi) is 3.40. The molecule has 0 atom stereocenters. The summed E-state index contributed by atoms with van der Waals surface area (Å²) in [5.41, 5.74) is -0.351. The number of rotatable bonds is 3. The van der Waals surface area contributed by atoms with Gasteiger partial charge < -0.3 is 28.8 Å². The summed E-state index contributed by atoms with van der Waals surface area (Å²) in [7, 11) is 4.17. The summed E-state index contributed by atoms with van der Waals surface area (Å²) in [6, 6.07) is 4.21. The molecule has 3 aromatic rings. The Bertz CT molecular complexity index is 972. The van der Waals surface area contributed by atoms with Gasteiger partial charge in [0.25, 0.3) is 0 Å². The van der Waals surface area contributed by atoms with Gasteiger partial charge in [-0.05, 0) is 0 Å². The van der Waals surface area contributed by atoms with E-state index in [-0.39, 0.29) is 39.2 Å². The van der Waals surface area contributed by atoms with Gasteiger partial charge in [0, 0.05) is 18.2 Å². The Morgan fingerprint density at radius 3 is 2.22 bits per heavy atom. The fourth-order valence-corrected chi connectivity index (χ4v) is 2.50. The molecule has 3 rings (SSSR count). The number of hydrogen-bond acceptors (Lipinski definition) is 7. The number of hydrogen-bond donors (Lipinski definition) is 2. The van der Waals surface area contributed by atoms with Crippen LogP contribution in [0.25, 0.3) is 21.9 Å². The van der Waals surface area contributed by atoms with Crippen LogP contribution in [0.2, 0.25) is 0 Å². The van der Waals surface area contributed by atoms with Crippen molar-refractivity contribution in [3.05, 3.63) is 28.4 Å². The maximum absolute atomic E-state index is 12.7. The predicted molar refractivity (Wildman–Crippen MR) is 83.0 cm³/mol. The Balaban J connectivity index is 2.54. The lowest BCUT2D eigenvalue weighted by atomic mass is 10.1. The monoisotopic (exact) mass is 318 g/mol. The van der Waals surface area contributed by atoms with Crippen molar-refractivity contribution in [2.75, 3.05) is 21.3 Å². The standard InChI is InChI=1S/C16H14O7/c1-20-7-4-8(17)12-9(5-7)23-10-6-11(21-2)16(22-3)15(19)13(10)14(12)18/h4-6,17,19H,1-3H3. The van der Waals surface area contributed by atoms with Gasteiger partial charge in [-0.2, -0.15) is 0 Å². The van der Waals surface area contributed by atoms with Crippen molar-refractivity contribution in [2.24, 2.45) is 0 Å². The summed E-state index contributed by atoms with van der Waals surface area (Å²) in [6.07, 6.45) is 0. The van der Waals surface area contributed by atoms with Crippen LogP contribution >= 0.6 is 0 Å². The molecule has 7 nitrogen and oxygen atoms in total. The SMILES string of the molecule is COc1cc(O)c2c(=O)c3c(O)c(OC)c(OC)cc3oc2c1. The molecule has 120 valence electrons. The van der Waals surface area contributed by atoms with E-state index in [0.29, 0.717) is 5.75 Å². The van der Waals surface area contributed by atoms with Crippen LogP contribution in [0.5, 0.6) is 28.7 Å². The summed E-state index contributed by atoms with van der Waals surface area (Å²) < 4.78 is 20.9. The van der Waals surface area contributed by atoms with Gasteiger partial charge in [-0.3, -0.25) is 4.79 Å². The zero-order valence-electron chi connectivity index (χ0n) is 12.7. The smallest absolute Gasteiger partial charge is 0.208 e. The maximum atomic E-state index is 12.7. The molecule has 0 aliphatic carbocycles. The molecule has 2 aromatic carbocycles. The third-order valence-electron chi connectivity index (χ3n) is 3.57. The Morgan fingerprint density at radius 2 is 1.61 bits per heavy atom. The topological polar surface area (TPSA) is 98.4 Å². The van der Waals surface area contributed by atoms with Crippen LogP contribution in [0, 0.1) is 0 Å². The van der Waals surface area contributed by atoms with Gasteiger partial charge in [-0.25, -0.2) is 0 Å². The van der Waals surface area contributed by atoms with E-state index < -0.39 is 11.2 Å². The van der Waals surface area contributed by atoms with Crippen LogP contribution in [-0.2, 0) is 0 Å². The molecular formula is C16H14O7. The van der Waals surface area contributed by atoms with Crippen molar-refractivity contribution in [3.63, 3.8) is 0 Å². The lowest BCUT2D eigenvalue weighted by molar-refractivity contribution is 0.334. The van der Waals surface area contributed by atoms with E-state index in [4.69, 9.17) is 18.6 Å². The van der Waals surface area contributed by atoms with Gasteiger partial charge in [-0.1, -0.05) is 0 Å². The average molecular weight is 318 g/mol. The van der Waals surface area contributed by atoms with Gasteiger partial charge >= 0.3 is 0 Å². The van der Waals surface area contributed by atoms with Crippen LogP contribution in [0.3, 0.4) is 0 Å². The number of methoxy groups -OCH3 is 3. The number of ether oxygens (including phenoxy) is 3. The first-order valence-electron chi connectivity index (χ1n) is 6.63. The molecule has 0 radical (unpaired) electrons. The zero-order chi connectivity index (χ0) is 16.7. The summed E-state index contributed by atoms with van der Waals surface area (Å²) in [5.74, 6) is -0.147. The lowest BCUT2D eigenvalue weighted by Gasteiger charge is -2.12. The minimum absolute atomic E-state index is 0.0136. The second-order valence-electron chi connectivity index (χ2n) is 4.78. The van der Waals surface area contributed by atoms with Crippen molar-refractivity contribution in [3.8, 4) is 28.7 Å². The van der Waals surface area contributed by atoms with Crippen molar-refractivity contribution in [2.45, 2.75) is 0 Å². The van der Waals surface area contributed by atoms with Crippen molar-refractivity contribution >= 4 is 21.9 Å². The van der Waals surface area contributed by atoms with Gasteiger partial charge in [0.1, 0.15) is 33.4 Å². The van der Waals surface area contributed by atoms with Crippen LogP contribution in [0.1, 0.15) is 0 Å². The summed E-state index contributed by atoms with van der Waals surface area (Å²) in [5, 5.41) is 20.2. The van der Waals surface area contributed by atoms with E-state index in [1.54, 1.807) is 0 Å². The van der Waals surface area contributed by atoms with Crippen LogP contribution in [0.15, 0.2) is 27.4 Å².